The Hall–Kier alpha value is -0.683. The summed E-state index contributed by atoms with van der Waals surface area (Å²) in [6.07, 6.45) is 0.913. The molecule has 0 N–H and O–H groups in total. The van der Waals surface area contributed by atoms with Gasteiger partial charge in [-0.1, -0.05) is 0 Å². The van der Waals surface area contributed by atoms with Crippen molar-refractivity contribution in [2.24, 2.45) is 0 Å². The van der Waals surface area contributed by atoms with Gasteiger partial charge in [0.05, 0.1) is 5.54 Å². The van der Waals surface area contributed by atoms with Gasteiger partial charge in [-0.25, -0.2) is 0 Å². The Morgan fingerprint density at radius 1 is 1.50 bits per heavy atom. The fourth-order valence-corrected chi connectivity index (χ4v) is 4.13. The SMILES string of the molecule is CCO[Si](C)(C)C1CCC(=O)OC1=O. The summed E-state index contributed by atoms with van der Waals surface area (Å²) in [5.74, 6) is -0.807. The quantitative estimate of drug-likeness (QED) is 0.407. The Labute approximate surface area is 84.7 Å². The molecule has 1 atom stereocenters. The second-order valence-electron chi connectivity index (χ2n) is 3.92. The molecular formula is C9H16O4Si. The zero-order valence-electron chi connectivity index (χ0n) is 8.83. The smallest absolute Gasteiger partial charge is 0.316 e. The molecule has 1 unspecified atom stereocenters. The number of cyclic esters (lactones) is 2. The van der Waals surface area contributed by atoms with Gasteiger partial charge in [-0.05, 0) is 26.4 Å². The molecule has 0 aromatic heterocycles. The van der Waals surface area contributed by atoms with Crippen molar-refractivity contribution in [2.45, 2.75) is 38.4 Å². The molecule has 0 amide bonds. The lowest BCUT2D eigenvalue weighted by atomic mass is 10.2. The van der Waals surface area contributed by atoms with E-state index < -0.39 is 20.3 Å². The van der Waals surface area contributed by atoms with E-state index in [9.17, 15) is 9.59 Å². The van der Waals surface area contributed by atoms with E-state index in [0.29, 0.717) is 19.4 Å². The van der Waals surface area contributed by atoms with Crippen LogP contribution in [0.4, 0.5) is 0 Å². The largest absolute Gasteiger partial charge is 0.417 e. The van der Waals surface area contributed by atoms with E-state index in [0.717, 1.165) is 0 Å². The second kappa shape index (κ2) is 4.23. The molecule has 1 aliphatic heterocycles. The van der Waals surface area contributed by atoms with Gasteiger partial charge in [0.1, 0.15) is 0 Å². The molecule has 1 rings (SSSR count). The van der Waals surface area contributed by atoms with Crippen molar-refractivity contribution in [1.82, 2.24) is 0 Å². The van der Waals surface area contributed by atoms with Gasteiger partial charge in [0, 0.05) is 13.0 Å². The summed E-state index contributed by atoms with van der Waals surface area (Å²) < 4.78 is 10.2. The van der Waals surface area contributed by atoms with Crippen LogP contribution >= 0.6 is 0 Å². The van der Waals surface area contributed by atoms with E-state index in [4.69, 9.17) is 4.43 Å². The number of hydrogen-bond acceptors (Lipinski definition) is 4. The monoisotopic (exact) mass is 216 g/mol. The number of ether oxygens (including phenoxy) is 1. The number of carbonyl (C=O) groups is 2. The number of esters is 2. The zero-order chi connectivity index (χ0) is 10.8. The highest BCUT2D eigenvalue weighted by Gasteiger charge is 2.43. The molecule has 0 spiro atoms. The lowest BCUT2D eigenvalue weighted by Gasteiger charge is -2.31. The summed E-state index contributed by atoms with van der Waals surface area (Å²) in [4.78, 5) is 22.3. The predicted octanol–water partition coefficient (Wildman–Crippen LogP) is 1.46. The van der Waals surface area contributed by atoms with Gasteiger partial charge in [-0.3, -0.25) is 9.59 Å². The molecule has 0 aliphatic carbocycles. The van der Waals surface area contributed by atoms with Gasteiger partial charge < -0.3 is 9.16 Å². The van der Waals surface area contributed by atoms with Crippen molar-refractivity contribution < 1.29 is 18.8 Å². The van der Waals surface area contributed by atoms with Crippen molar-refractivity contribution in [3.8, 4) is 0 Å². The Morgan fingerprint density at radius 3 is 2.64 bits per heavy atom. The minimum Gasteiger partial charge on any atom is -0.417 e. The van der Waals surface area contributed by atoms with Gasteiger partial charge in [-0.2, -0.15) is 0 Å². The van der Waals surface area contributed by atoms with Gasteiger partial charge in [-0.15, -0.1) is 0 Å². The maximum absolute atomic E-state index is 11.4. The molecular weight excluding hydrogens is 200 g/mol. The summed E-state index contributed by atoms with van der Waals surface area (Å²) in [5.41, 5.74) is -0.194. The topological polar surface area (TPSA) is 52.6 Å². The predicted molar refractivity (Wildman–Crippen MR) is 53.2 cm³/mol. The first-order valence-corrected chi connectivity index (χ1v) is 7.84. The standard InChI is InChI=1S/C9H16O4Si/c1-4-12-14(2,3)7-5-6-8(10)13-9(7)11/h7H,4-6H2,1-3H3. The van der Waals surface area contributed by atoms with E-state index in [2.05, 4.69) is 4.74 Å². The van der Waals surface area contributed by atoms with Crippen LogP contribution in [-0.4, -0.2) is 26.9 Å². The van der Waals surface area contributed by atoms with E-state index in [-0.39, 0.29) is 5.54 Å². The Morgan fingerprint density at radius 2 is 2.14 bits per heavy atom. The summed E-state index contributed by atoms with van der Waals surface area (Å²) in [7, 11) is -2.02. The summed E-state index contributed by atoms with van der Waals surface area (Å²) in [5, 5.41) is 0. The summed E-state index contributed by atoms with van der Waals surface area (Å²) in [6, 6.07) is 0. The molecule has 5 heteroatoms. The molecule has 4 nitrogen and oxygen atoms in total. The maximum atomic E-state index is 11.4. The van der Waals surface area contributed by atoms with Crippen molar-refractivity contribution >= 4 is 20.3 Å². The van der Waals surface area contributed by atoms with Crippen molar-refractivity contribution in [3.05, 3.63) is 0 Å². The third-order valence-corrected chi connectivity index (χ3v) is 5.73. The van der Waals surface area contributed by atoms with Crippen LogP contribution in [0.25, 0.3) is 0 Å². The van der Waals surface area contributed by atoms with Crippen LogP contribution in [0.3, 0.4) is 0 Å². The highest BCUT2D eigenvalue weighted by molar-refractivity contribution is 6.75. The van der Waals surface area contributed by atoms with Crippen LogP contribution in [0.15, 0.2) is 0 Å². The van der Waals surface area contributed by atoms with Crippen LogP contribution in [0, 0.1) is 0 Å². The summed E-state index contributed by atoms with van der Waals surface area (Å²) in [6.45, 7) is 6.49. The molecule has 0 aromatic rings. The Balaban J connectivity index is 2.68. The van der Waals surface area contributed by atoms with Gasteiger partial charge in [0.25, 0.3) is 0 Å². The van der Waals surface area contributed by atoms with Crippen LogP contribution in [0.1, 0.15) is 19.8 Å². The van der Waals surface area contributed by atoms with Crippen molar-refractivity contribution in [1.29, 1.82) is 0 Å². The highest BCUT2D eigenvalue weighted by atomic mass is 28.4. The molecule has 1 aliphatic rings. The molecule has 14 heavy (non-hydrogen) atoms. The first-order chi connectivity index (χ1) is 6.47. The fourth-order valence-electron chi connectivity index (χ4n) is 1.72. The van der Waals surface area contributed by atoms with E-state index in [1.165, 1.54) is 0 Å². The molecule has 80 valence electrons. The third kappa shape index (κ3) is 2.42. The number of rotatable bonds is 3. The minimum absolute atomic E-state index is 0.194. The molecule has 1 fully saturated rings. The van der Waals surface area contributed by atoms with Crippen LogP contribution in [0.5, 0.6) is 0 Å². The van der Waals surface area contributed by atoms with E-state index in [1.54, 1.807) is 0 Å². The minimum atomic E-state index is -2.02. The first-order valence-electron chi connectivity index (χ1n) is 4.86. The lowest BCUT2D eigenvalue weighted by Crippen LogP contribution is -2.44. The normalized spacial score (nSPS) is 23.5. The Kier molecular flexibility index (Phi) is 3.44. The van der Waals surface area contributed by atoms with E-state index >= 15 is 0 Å². The van der Waals surface area contributed by atoms with Crippen LogP contribution in [0.2, 0.25) is 18.6 Å². The lowest BCUT2D eigenvalue weighted by molar-refractivity contribution is -0.163. The second-order valence-corrected chi connectivity index (χ2v) is 8.11. The van der Waals surface area contributed by atoms with E-state index in [1.807, 2.05) is 20.0 Å². The van der Waals surface area contributed by atoms with Crippen molar-refractivity contribution in [2.75, 3.05) is 6.61 Å². The first kappa shape index (κ1) is 11.4. The van der Waals surface area contributed by atoms with Crippen LogP contribution < -0.4 is 0 Å². The molecule has 0 bridgehead atoms. The van der Waals surface area contributed by atoms with Crippen LogP contribution in [-0.2, 0) is 18.8 Å². The zero-order valence-corrected chi connectivity index (χ0v) is 9.83. The van der Waals surface area contributed by atoms with Gasteiger partial charge in [0.2, 0.25) is 8.32 Å². The average molecular weight is 216 g/mol. The maximum Gasteiger partial charge on any atom is 0.316 e. The van der Waals surface area contributed by atoms with Gasteiger partial charge >= 0.3 is 11.9 Å². The van der Waals surface area contributed by atoms with Gasteiger partial charge in [0.15, 0.2) is 0 Å². The van der Waals surface area contributed by atoms with Crippen molar-refractivity contribution in [3.63, 3.8) is 0 Å². The third-order valence-electron chi connectivity index (χ3n) is 2.49. The molecule has 1 saturated heterocycles. The molecule has 0 aromatic carbocycles. The fraction of sp³-hybridized carbons (Fsp3) is 0.778. The average Bonchev–Trinajstić information content (AvgIpc) is 2.02. The molecule has 0 saturated carbocycles. The summed E-state index contributed by atoms with van der Waals surface area (Å²) >= 11 is 0. The number of hydrogen-bond donors (Lipinski definition) is 0. The highest BCUT2D eigenvalue weighted by Crippen LogP contribution is 2.32. The Bertz CT molecular complexity index is 249. The number of carbonyl (C=O) groups excluding carboxylic acids is 2. The molecule has 0 radical (unpaired) electrons. The molecule has 1 heterocycles.